The Hall–Kier alpha value is -2.61. The number of hydrogen-bond donors (Lipinski definition) is 0. The van der Waals surface area contributed by atoms with E-state index >= 15 is 0 Å². The van der Waals surface area contributed by atoms with Crippen molar-refractivity contribution < 1.29 is 0 Å². The van der Waals surface area contributed by atoms with E-state index in [1.807, 2.05) is 43.3 Å². The summed E-state index contributed by atoms with van der Waals surface area (Å²) >= 11 is 0. The van der Waals surface area contributed by atoms with Crippen LogP contribution in [0.4, 0.5) is 11.8 Å². The van der Waals surface area contributed by atoms with E-state index in [0.29, 0.717) is 0 Å². The molecule has 1 saturated heterocycles. The minimum absolute atomic E-state index is 0.392. The minimum atomic E-state index is -0.392. The molecule has 118 valence electrons. The van der Waals surface area contributed by atoms with Crippen LogP contribution in [0.3, 0.4) is 0 Å². The molecule has 0 radical (unpaired) electrons. The number of aromatic nitrogens is 2. The molecule has 0 atom stereocenters. The first kappa shape index (κ1) is 15.3. The Morgan fingerprint density at radius 1 is 1.13 bits per heavy atom. The Morgan fingerprint density at radius 3 is 2.43 bits per heavy atom. The zero-order valence-electron chi connectivity index (χ0n) is 13.6. The molecule has 23 heavy (non-hydrogen) atoms. The zero-order chi connectivity index (χ0) is 16.3. The van der Waals surface area contributed by atoms with Crippen molar-refractivity contribution in [2.24, 2.45) is 0 Å². The van der Waals surface area contributed by atoms with E-state index in [-0.39, 0.29) is 0 Å². The Labute approximate surface area is 137 Å². The molecule has 0 amide bonds. The quantitative estimate of drug-likeness (QED) is 0.872. The molecule has 1 aromatic carbocycles. The monoisotopic (exact) mass is 307 g/mol. The summed E-state index contributed by atoms with van der Waals surface area (Å²) in [5.41, 5.74) is 0.724. The summed E-state index contributed by atoms with van der Waals surface area (Å²) in [5.74, 6) is 1.64. The maximum atomic E-state index is 9.76. The lowest BCUT2D eigenvalue weighted by Gasteiger charge is -2.37. The first-order chi connectivity index (χ1) is 11.1. The second-order valence-electron chi connectivity index (χ2n) is 6.16. The highest BCUT2D eigenvalue weighted by Crippen LogP contribution is 2.35. The van der Waals surface area contributed by atoms with Gasteiger partial charge in [-0.05, 0) is 24.5 Å². The molecule has 5 heteroatoms. The van der Waals surface area contributed by atoms with E-state index < -0.39 is 5.41 Å². The molecule has 1 aliphatic rings. The van der Waals surface area contributed by atoms with Gasteiger partial charge in [-0.15, -0.1) is 0 Å². The molecule has 1 fully saturated rings. The highest BCUT2D eigenvalue weighted by atomic mass is 15.3. The Morgan fingerprint density at radius 2 is 1.83 bits per heavy atom. The van der Waals surface area contributed by atoms with Gasteiger partial charge in [-0.25, -0.2) is 4.98 Å². The molecule has 0 bridgehead atoms. The molecule has 0 spiro atoms. The smallest absolute Gasteiger partial charge is 0.227 e. The van der Waals surface area contributed by atoms with E-state index in [1.54, 1.807) is 6.20 Å². The van der Waals surface area contributed by atoms with E-state index in [1.165, 1.54) is 0 Å². The molecular formula is C18H21N5. The van der Waals surface area contributed by atoms with E-state index in [0.717, 1.165) is 43.3 Å². The van der Waals surface area contributed by atoms with Crippen molar-refractivity contribution in [1.82, 2.24) is 9.97 Å². The summed E-state index contributed by atoms with van der Waals surface area (Å²) < 4.78 is 0. The molecule has 5 nitrogen and oxygen atoms in total. The van der Waals surface area contributed by atoms with Crippen LogP contribution in [0.5, 0.6) is 0 Å². The molecule has 0 unspecified atom stereocenters. The van der Waals surface area contributed by atoms with E-state index in [9.17, 15) is 5.26 Å². The van der Waals surface area contributed by atoms with E-state index in [2.05, 4.69) is 33.1 Å². The van der Waals surface area contributed by atoms with Gasteiger partial charge >= 0.3 is 0 Å². The molecule has 0 N–H and O–H groups in total. The molecule has 0 saturated carbocycles. The van der Waals surface area contributed by atoms with Crippen molar-refractivity contribution in [1.29, 1.82) is 5.26 Å². The molecule has 0 aliphatic carbocycles. The maximum absolute atomic E-state index is 9.76. The Balaban J connectivity index is 1.78. The van der Waals surface area contributed by atoms with Crippen LogP contribution in [0.2, 0.25) is 0 Å². The van der Waals surface area contributed by atoms with Gasteiger partial charge < -0.3 is 9.80 Å². The Bertz CT molecular complexity index is 697. The van der Waals surface area contributed by atoms with Crippen LogP contribution in [-0.4, -0.2) is 37.2 Å². The number of piperidine rings is 1. The molecule has 2 aromatic rings. The van der Waals surface area contributed by atoms with Gasteiger partial charge in [0.2, 0.25) is 5.95 Å². The van der Waals surface area contributed by atoms with Gasteiger partial charge in [-0.1, -0.05) is 30.3 Å². The van der Waals surface area contributed by atoms with Gasteiger partial charge in [0.05, 0.1) is 11.5 Å². The number of benzene rings is 1. The van der Waals surface area contributed by atoms with Gasteiger partial charge in [-0.2, -0.15) is 10.2 Å². The average molecular weight is 307 g/mol. The average Bonchev–Trinajstić information content (AvgIpc) is 2.62. The van der Waals surface area contributed by atoms with Crippen LogP contribution < -0.4 is 9.80 Å². The summed E-state index contributed by atoms with van der Waals surface area (Å²) in [4.78, 5) is 13.1. The van der Waals surface area contributed by atoms with Crippen molar-refractivity contribution in [3.8, 4) is 6.07 Å². The fourth-order valence-corrected chi connectivity index (χ4v) is 3.05. The van der Waals surface area contributed by atoms with Crippen LogP contribution in [0.25, 0.3) is 0 Å². The first-order valence-electron chi connectivity index (χ1n) is 7.87. The molecule has 1 aromatic heterocycles. The third kappa shape index (κ3) is 2.98. The highest BCUT2D eigenvalue weighted by molar-refractivity contribution is 5.44. The van der Waals surface area contributed by atoms with Gasteiger partial charge in [-0.3, -0.25) is 0 Å². The summed E-state index contributed by atoms with van der Waals surface area (Å²) in [6.45, 7) is 1.58. The van der Waals surface area contributed by atoms with Crippen LogP contribution in [0.1, 0.15) is 18.4 Å². The van der Waals surface area contributed by atoms with Crippen LogP contribution in [-0.2, 0) is 5.41 Å². The fraction of sp³-hybridized carbons (Fsp3) is 0.389. The third-order valence-electron chi connectivity index (χ3n) is 4.53. The predicted octanol–water partition coefficient (Wildman–Crippen LogP) is 2.60. The SMILES string of the molecule is CN(C)c1ccnc(N2CCC(C#N)(c3ccccc3)CC2)n1. The molecule has 3 rings (SSSR count). The Kier molecular flexibility index (Phi) is 4.16. The second kappa shape index (κ2) is 6.25. The highest BCUT2D eigenvalue weighted by Gasteiger charge is 2.37. The lowest BCUT2D eigenvalue weighted by atomic mass is 9.74. The number of nitriles is 1. The molecular weight excluding hydrogens is 286 g/mol. The van der Waals surface area contributed by atoms with Gasteiger partial charge in [0.25, 0.3) is 0 Å². The summed E-state index contributed by atoms with van der Waals surface area (Å²) in [6.07, 6.45) is 3.38. The topological polar surface area (TPSA) is 56.1 Å². The normalized spacial score (nSPS) is 16.7. The predicted molar refractivity (Wildman–Crippen MR) is 91.5 cm³/mol. The number of anilines is 2. The lowest BCUT2D eigenvalue weighted by molar-refractivity contribution is 0.412. The summed E-state index contributed by atoms with van der Waals surface area (Å²) in [6, 6.07) is 14.6. The number of rotatable bonds is 3. The summed E-state index contributed by atoms with van der Waals surface area (Å²) in [5, 5.41) is 9.76. The largest absolute Gasteiger partial charge is 0.363 e. The summed E-state index contributed by atoms with van der Waals surface area (Å²) in [7, 11) is 3.94. The van der Waals surface area contributed by atoms with Crippen molar-refractivity contribution >= 4 is 11.8 Å². The second-order valence-corrected chi connectivity index (χ2v) is 6.16. The fourth-order valence-electron chi connectivity index (χ4n) is 3.05. The lowest BCUT2D eigenvalue weighted by Crippen LogP contribution is -2.42. The molecule has 1 aliphatic heterocycles. The first-order valence-corrected chi connectivity index (χ1v) is 7.87. The van der Waals surface area contributed by atoms with Gasteiger partial charge in [0.1, 0.15) is 5.82 Å². The van der Waals surface area contributed by atoms with E-state index in [4.69, 9.17) is 0 Å². The zero-order valence-corrected chi connectivity index (χ0v) is 13.6. The molecule has 2 heterocycles. The van der Waals surface area contributed by atoms with Crippen molar-refractivity contribution in [2.75, 3.05) is 37.0 Å². The van der Waals surface area contributed by atoms with Gasteiger partial charge in [0, 0.05) is 33.4 Å². The third-order valence-corrected chi connectivity index (χ3v) is 4.53. The van der Waals surface area contributed by atoms with Crippen LogP contribution in [0, 0.1) is 11.3 Å². The van der Waals surface area contributed by atoms with Gasteiger partial charge in [0.15, 0.2) is 0 Å². The van der Waals surface area contributed by atoms with Crippen LogP contribution in [0.15, 0.2) is 42.6 Å². The minimum Gasteiger partial charge on any atom is -0.363 e. The van der Waals surface area contributed by atoms with Crippen molar-refractivity contribution in [3.63, 3.8) is 0 Å². The maximum Gasteiger partial charge on any atom is 0.227 e. The number of nitrogens with zero attached hydrogens (tertiary/aromatic N) is 5. The van der Waals surface area contributed by atoms with Crippen molar-refractivity contribution in [2.45, 2.75) is 18.3 Å². The van der Waals surface area contributed by atoms with Crippen LogP contribution >= 0.6 is 0 Å². The standard InChI is InChI=1S/C18H21N5/c1-22(2)16-8-11-20-17(21-16)23-12-9-18(14-19,10-13-23)15-6-4-3-5-7-15/h3-8,11H,9-10,12-13H2,1-2H3. The van der Waals surface area contributed by atoms with Crippen molar-refractivity contribution in [3.05, 3.63) is 48.2 Å². The number of hydrogen-bond acceptors (Lipinski definition) is 5.